The lowest BCUT2D eigenvalue weighted by atomic mass is 10.0. The minimum atomic E-state index is -0.165. The molecule has 1 saturated carbocycles. The fourth-order valence-electron chi connectivity index (χ4n) is 3.20. The molecule has 0 N–H and O–H groups in total. The van der Waals surface area contributed by atoms with Gasteiger partial charge >= 0.3 is 5.97 Å². The monoisotopic (exact) mass is 278 g/mol. The Kier molecular flexibility index (Phi) is 4.99. The second kappa shape index (κ2) is 6.52. The van der Waals surface area contributed by atoms with Gasteiger partial charge in [-0.25, -0.2) is 0 Å². The Morgan fingerprint density at radius 3 is 2.63 bits per heavy atom. The first-order chi connectivity index (χ1) is 9.09. The Bertz CT molecular complexity index is 418. The zero-order valence-electron chi connectivity index (χ0n) is 12.0. The number of carbonyl (C=O) groups is 1. The van der Waals surface area contributed by atoms with Crippen LogP contribution in [0.2, 0.25) is 0 Å². The summed E-state index contributed by atoms with van der Waals surface area (Å²) in [5, 5.41) is 1.46. The van der Waals surface area contributed by atoms with Gasteiger partial charge in [-0.1, -0.05) is 44.7 Å². The topological polar surface area (TPSA) is 26.3 Å². The first-order valence-electron chi connectivity index (χ1n) is 7.04. The fourth-order valence-corrected chi connectivity index (χ4v) is 5.76. The van der Waals surface area contributed by atoms with Gasteiger partial charge in [0.25, 0.3) is 0 Å². The molecular weight excluding hydrogens is 255 g/mol. The summed E-state index contributed by atoms with van der Waals surface area (Å²) in [5.41, 5.74) is 0.687. The summed E-state index contributed by atoms with van der Waals surface area (Å²) in [6.45, 7) is 5.93. The first-order valence-corrected chi connectivity index (χ1v) is 8.90. The van der Waals surface area contributed by atoms with E-state index in [-0.39, 0.29) is 20.0 Å². The maximum Gasteiger partial charge on any atom is 0.302 e. The average Bonchev–Trinajstić information content (AvgIpc) is 2.87. The van der Waals surface area contributed by atoms with Gasteiger partial charge in [0.2, 0.25) is 0 Å². The average molecular weight is 278 g/mol. The van der Waals surface area contributed by atoms with Crippen LogP contribution in [0.4, 0.5) is 0 Å². The number of benzene rings is 1. The van der Waals surface area contributed by atoms with Crippen molar-refractivity contribution in [2.75, 3.05) is 6.66 Å². The van der Waals surface area contributed by atoms with Crippen molar-refractivity contribution in [1.29, 1.82) is 0 Å². The van der Waals surface area contributed by atoms with Gasteiger partial charge in [0.05, 0.1) is 0 Å². The first kappa shape index (κ1) is 14.5. The predicted octanol–water partition coefficient (Wildman–Crippen LogP) is 3.54. The molecule has 0 bridgehead atoms. The molecule has 0 radical (unpaired) electrons. The molecular formula is C16H23O2P. The molecule has 0 saturated heterocycles. The van der Waals surface area contributed by atoms with Gasteiger partial charge in [0, 0.05) is 12.8 Å². The Morgan fingerprint density at radius 1 is 1.32 bits per heavy atom. The van der Waals surface area contributed by atoms with Crippen LogP contribution in [0.15, 0.2) is 30.3 Å². The van der Waals surface area contributed by atoms with Crippen LogP contribution in [0, 0.1) is 5.92 Å². The van der Waals surface area contributed by atoms with Gasteiger partial charge in [0.15, 0.2) is 0 Å². The molecule has 2 rings (SSSR count). The second-order valence-corrected chi connectivity index (χ2v) is 7.82. The molecule has 1 aromatic carbocycles. The molecule has 3 unspecified atom stereocenters. The summed E-state index contributed by atoms with van der Waals surface area (Å²) >= 11 is 0. The van der Waals surface area contributed by atoms with Crippen molar-refractivity contribution < 1.29 is 9.53 Å². The van der Waals surface area contributed by atoms with E-state index in [1.807, 2.05) is 0 Å². The van der Waals surface area contributed by atoms with E-state index in [9.17, 15) is 4.79 Å². The Labute approximate surface area is 117 Å². The van der Waals surface area contributed by atoms with Crippen LogP contribution in [0.5, 0.6) is 0 Å². The minimum Gasteiger partial charge on any atom is -0.463 e. The van der Waals surface area contributed by atoms with E-state index in [0.29, 0.717) is 11.6 Å². The quantitative estimate of drug-likeness (QED) is 0.622. The third-order valence-corrected chi connectivity index (χ3v) is 6.90. The van der Waals surface area contributed by atoms with Crippen LogP contribution < -0.4 is 5.30 Å². The summed E-state index contributed by atoms with van der Waals surface area (Å²) in [5.74, 6) is 0.374. The molecule has 0 spiro atoms. The molecule has 0 aliphatic heterocycles. The van der Waals surface area contributed by atoms with Crippen molar-refractivity contribution in [3.63, 3.8) is 0 Å². The van der Waals surface area contributed by atoms with Gasteiger partial charge in [-0.05, 0) is 37.4 Å². The summed E-state index contributed by atoms with van der Waals surface area (Å²) in [4.78, 5) is 11.1. The van der Waals surface area contributed by atoms with E-state index in [0.717, 1.165) is 0 Å². The summed E-state index contributed by atoms with van der Waals surface area (Å²) < 4.78 is 5.42. The maximum absolute atomic E-state index is 11.1. The lowest BCUT2D eigenvalue weighted by molar-refractivity contribution is -0.147. The minimum absolute atomic E-state index is 0.0543. The molecule has 2 nitrogen and oxygen atoms in total. The van der Waals surface area contributed by atoms with Gasteiger partial charge in [-0.2, -0.15) is 0 Å². The Morgan fingerprint density at radius 2 is 2.00 bits per heavy atom. The third kappa shape index (κ3) is 3.57. The van der Waals surface area contributed by atoms with Crippen molar-refractivity contribution in [2.45, 2.75) is 44.9 Å². The van der Waals surface area contributed by atoms with Gasteiger partial charge in [-0.15, -0.1) is 0 Å². The fraction of sp³-hybridized carbons (Fsp3) is 0.562. The highest BCUT2D eigenvalue weighted by Crippen LogP contribution is 2.49. The third-order valence-electron chi connectivity index (χ3n) is 4.15. The number of ether oxygens (including phenoxy) is 1. The van der Waals surface area contributed by atoms with Crippen LogP contribution >= 0.6 is 7.92 Å². The van der Waals surface area contributed by atoms with Gasteiger partial charge < -0.3 is 4.74 Å². The SMILES string of the molecule is CC(=O)O[C@H](C)C1CCCC1P(C)c1ccccc1. The maximum atomic E-state index is 11.1. The normalized spacial score (nSPS) is 25.8. The molecule has 3 heteroatoms. The van der Waals surface area contributed by atoms with Crippen molar-refractivity contribution in [1.82, 2.24) is 0 Å². The Hall–Kier alpha value is -0.880. The largest absolute Gasteiger partial charge is 0.463 e. The highest BCUT2D eigenvalue weighted by molar-refractivity contribution is 7.65. The van der Waals surface area contributed by atoms with Crippen molar-refractivity contribution in [3.8, 4) is 0 Å². The molecule has 0 aromatic heterocycles. The molecule has 4 atom stereocenters. The van der Waals surface area contributed by atoms with Crippen molar-refractivity contribution >= 4 is 19.2 Å². The standard InChI is InChI=1S/C16H23O2P/c1-12(18-13(2)17)15-10-7-11-16(15)19(3)14-8-5-4-6-9-14/h4-6,8-9,12,15-16H,7,10-11H2,1-3H3/t12-,15?,16?,19?/m1/s1. The van der Waals surface area contributed by atoms with E-state index < -0.39 is 0 Å². The summed E-state index contributed by atoms with van der Waals surface area (Å²) in [6.07, 6.45) is 3.78. The van der Waals surface area contributed by atoms with Crippen LogP contribution in [-0.2, 0) is 9.53 Å². The molecule has 104 valence electrons. The molecule has 1 fully saturated rings. The lowest BCUT2D eigenvalue weighted by Gasteiger charge is -2.30. The van der Waals surface area contributed by atoms with E-state index in [1.54, 1.807) is 0 Å². The lowest BCUT2D eigenvalue weighted by Crippen LogP contribution is -2.29. The van der Waals surface area contributed by atoms with Crippen LogP contribution in [0.3, 0.4) is 0 Å². The van der Waals surface area contributed by atoms with E-state index in [1.165, 1.54) is 31.5 Å². The molecule has 0 heterocycles. The molecule has 1 aliphatic rings. The molecule has 19 heavy (non-hydrogen) atoms. The zero-order chi connectivity index (χ0) is 13.8. The number of rotatable bonds is 4. The van der Waals surface area contributed by atoms with Crippen molar-refractivity contribution in [2.24, 2.45) is 5.92 Å². The van der Waals surface area contributed by atoms with Crippen LogP contribution in [0.25, 0.3) is 0 Å². The van der Waals surface area contributed by atoms with E-state index in [2.05, 4.69) is 43.9 Å². The van der Waals surface area contributed by atoms with E-state index >= 15 is 0 Å². The van der Waals surface area contributed by atoms with Crippen LogP contribution in [0.1, 0.15) is 33.1 Å². The number of hydrogen-bond donors (Lipinski definition) is 0. The highest BCUT2D eigenvalue weighted by Gasteiger charge is 2.36. The van der Waals surface area contributed by atoms with E-state index in [4.69, 9.17) is 4.74 Å². The summed E-state index contributed by atoms with van der Waals surface area (Å²) in [7, 11) is -0.165. The Balaban J connectivity index is 2.08. The molecule has 1 aliphatic carbocycles. The number of hydrogen-bond acceptors (Lipinski definition) is 2. The van der Waals surface area contributed by atoms with Crippen molar-refractivity contribution in [3.05, 3.63) is 30.3 Å². The zero-order valence-corrected chi connectivity index (χ0v) is 12.9. The molecule has 0 amide bonds. The number of carbonyl (C=O) groups excluding carboxylic acids is 1. The second-order valence-electron chi connectivity index (χ2n) is 5.42. The molecule has 1 aromatic rings. The van der Waals surface area contributed by atoms with Crippen LogP contribution in [-0.4, -0.2) is 24.4 Å². The highest BCUT2D eigenvalue weighted by atomic mass is 31.1. The predicted molar refractivity (Wildman–Crippen MR) is 81.3 cm³/mol. The number of esters is 1. The van der Waals surface area contributed by atoms with Gasteiger partial charge in [-0.3, -0.25) is 4.79 Å². The smallest absolute Gasteiger partial charge is 0.302 e. The summed E-state index contributed by atoms with van der Waals surface area (Å²) in [6, 6.07) is 10.8. The van der Waals surface area contributed by atoms with Gasteiger partial charge in [0.1, 0.15) is 6.10 Å².